The third-order valence-electron chi connectivity index (χ3n) is 5.51. The maximum Gasteiger partial charge on any atom is 0.350 e. The molecule has 3 aromatic heterocycles. The summed E-state index contributed by atoms with van der Waals surface area (Å²) in [5.41, 5.74) is 5.43. The van der Waals surface area contributed by atoms with E-state index in [9.17, 15) is 9.59 Å². The van der Waals surface area contributed by atoms with Gasteiger partial charge in [0.15, 0.2) is 5.65 Å². The third-order valence-corrected chi connectivity index (χ3v) is 5.51. The topological polar surface area (TPSA) is 86.2 Å². The smallest absolute Gasteiger partial charge is 0.350 e. The van der Waals surface area contributed by atoms with Gasteiger partial charge in [-0.1, -0.05) is 12.1 Å². The van der Waals surface area contributed by atoms with E-state index in [0.717, 1.165) is 27.7 Å². The fourth-order valence-corrected chi connectivity index (χ4v) is 3.99. The van der Waals surface area contributed by atoms with Gasteiger partial charge in [-0.15, -0.1) is 5.10 Å². The minimum atomic E-state index is -0.204. The van der Waals surface area contributed by atoms with Gasteiger partial charge < -0.3 is 5.32 Å². The molecule has 1 amide bonds. The lowest BCUT2D eigenvalue weighted by molar-refractivity contribution is 0.0950. The molecule has 0 unspecified atom stereocenters. The highest BCUT2D eigenvalue weighted by Gasteiger charge is 2.18. The van der Waals surface area contributed by atoms with E-state index in [1.54, 1.807) is 4.40 Å². The minimum Gasteiger partial charge on any atom is -0.350 e. The molecule has 0 aliphatic heterocycles. The molecule has 0 spiro atoms. The third kappa shape index (κ3) is 3.18. The molecule has 0 saturated heterocycles. The van der Waals surface area contributed by atoms with Crippen molar-refractivity contribution < 1.29 is 4.79 Å². The van der Waals surface area contributed by atoms with Gasteiger partial charge in [0.05, 0.1) is 23.3 Å². The summed E-state index contributed by atoms with van der Waals surface area (Å²) in [6.07, 6.45) is 0. The maximum absolute atomic E-state index is 13.0. The molecule has 0 radical (unpaired) electrons. The summed E-state index contributed by atoms with van der Waals surface area (Å²) in [4.78, 5) is 25.7. The van der Waals surface area contributed by atoms with Gasteiger partial charge in [-0.3, -0.25) is 9.48 Å². The summed E-state index contributed by atoms with van der Waals surface area (Å²) in [6.45, 7) is 11.0. The van der Waals surface area contributed by atoms with Gasteiger partial charge in [0, 0.05) is 18.8 Å². The molecule has 0 bridgehead atoms. The summed E-state index contributed by atoms with van der Waals surface area (Å²) in [5, 5.41) is 12.8. The van der Waals surface area contributed by atoms with E-state index in [-0.39, 0.29) is 11.6 Å². The number of aryl methyl sites for hydroxylation is 4. The zero-order valence-electron chi connectivity index (χ0n) is 18.0. The van der Waals surface area contributed by atoms with E-state index in [4.69, 9.17) is 0 Å². The highest BCUT2D eigenvalue weighted by molar-refractivity contribution is 5.96. The Balaban J connectivity index is 1.60. The second-order valence-electron chi connectivity index (χ2n) is 7.67. The van der Waals surface area contributed by atoms with E-state index in [1.165, 1.54) is 4.68 Å². The molecule has 8 heteroatoms. The standard InChI is InChI=1S/C22H26N6O2/c1-6-26-16(5)19(15(4)24-26)21(29)23-9-10-27-22(30)28-18-11-13(2)7-8-17(18)12-14(3)20(28)25-27/h7-8,11-12H,6,9-10H2,1-5H3,(H,23,29). The van der Waals surface area contributed by atoms with Crippen LogP contribution in [-0.2, 0) is 13.1 Å². The average molecular weight is 406 g/mol. The fraction of sp³-hybridized carbons (Fsp3) is 0.364. The molecule has 8 nitrogen and oxygen atoms in total. The van der Waals surface area contributed by atoms with Crippen LogP contribution < -0.4 is 11.0 Å². The Bertz CT molecular complexity index is 1340. The first-order valence-electron chi connectivity index (χ1n) is 10.1. The second kappa shape index (κ2) is 7.44. The largest absolute Gasteiger partial charge is 0.350 e. The first-order chi connectivity index (χ1) is 14.3. The Labute approximate surface area is 174 Å². The Morgan fingerprint density at radius 3 is 2.53 bits per heavy atom. The van der Waals surface area contributed by atoms with Gasteiger partial charge in [0.25, 0.3) is 5.91 Å². The van der Waals surface area contributed by atoms with Gasteiger partial charge in [0.1, 0.15) is 0 Å². The predicted octanol–water partition coefficient (Wildman–Crippen LogP) is 2.53. The summed E-state index contributed by atoms with van der Waals surface area (Å²) < 4.78 is 4.88. The van der Waals surface area contributed by atoms with Crippen molar-refractivity contribution in [2.45, 2.75) is 47.7 Å². The molecule has 3 heterocycles. The molecule has 0 aliphatic rings. The van der Waals surface area contributed by atoms with Crippen LogP contribution in [0.5, 0.6) is 0 Å². The number of fused-ring (bicyclic) bond motifs is 3. The molecule has 0 fully saturated rings. The first-order valence-corrected chi connectivity index (χ1v) is 10.1. The van der Waals surface area contributed by atoms with Crippen molar-refractivity contribution in [3.8, 4) is 0 Å². The molecule has 0 saturated carbocycles. The lowest BCUT2D eigenvalue weighted by atomic mass is 10.1. The predicted molar refractivity (Wildman–Crippen MR) is 116 cm³/mol. The molecule has 4 aromatic rings. The lowest BCUT2D eigenvalue weighted by Gasteiger charge is -2.05. The van der Waals surface area contributed by atoms with Crippen LogP contribution in [0, 0.1) is 27.7 Å². The van der Waals surface area contributed by atoms with Crippen LogP contribution in [0.1, 0.15) is 39.8 Å². The van der Waals surface area contributed by atoms with Gasteiger partial charge in [-0.25, -0.2) is 13.9 Å². The number of carbonyl (C=O) groups excluding carboxylic acids is 1. The van der Waals surface area contributed by atoms with Gasteiger partial charge in [-0.05, 0) is 63.3 Å². The molecule has 0 aliphatic carbocycles. The number of amides is 1. The first kappa shape index (κ1) is 19.9. The maximum atomic E-state index is 13.0. The normalized spacial score (nSPS) is 11.5. The number of hydrogen-bond acceptors (Lipinski definition) is 4. The fourth-order valence-electron chi connectivity index (χ4n) is 3.99. The molecular formula is C22H26N6O2. The number of hydrogen-bond donors (Lipinski definition) is 1. The van der Waals surface area contributed by atoms with Crippen molar-refractivity contribution >= 4 is 22.5 Å². The van der Waals surface area contributed by atoms with Gasteiger partial charge in [-0.2, -0.15) is 5.10 Å². The second-order valence-corrected chi connectivity index (χ2v) is 7.67. The van der Waals surface area contributed by atoms with E-state index >= 15 is 0 Å². The highest BCUT2D eigenvalue weighted by Crippen LogP contribution is 2.19. The number of nitrogens with zero attached hydrogens (tertiary/aromatic N) is 5. The Morgan fingerprint density at radius 1 is 1.07 bits per heavy atom. The lowest BCUT2D eigenvalue weighted by Crippen LogP contribution is -2.31. The van der Waals surface area contributed by atoms with E-state index in [0.29, 0.717) is 36.5 Å². The quantitative estimate of drug-likeness (QED) is 0.552. The van der Waals surface area contributed by atoms with Crippen LogP contribution in [0.2, 0.25) is 0 Å². The van der Waals surface area contributed by atoms with E-state index in [1.807, 2.05) is 63.6 Å². The summed E-state index contributed by atoms with van der Waals surface area (Å²) in [5.74, 6) is -0.182. The molecule has 1 aromatic carbocycles. The number of pyridine rings is 1. The SMILES string of the molecule is CCn1nc(C)c(C(=O)NCCn2nc3c(C)cc4ccc(C)cc4n3c2=O)c1C. The molecule has 1 N–H and O–H groups in total. The van der Waals surface area contributed by atoms with Crippen molar-refractivity contribution in [2.24, 2.45) is 0 Å². The average Bonchev–Trinajstić information content (AvgIpc) is 3.19. The van der Waals surface area contributed by atoms with Crippen LogP contribution in [-0.4, -0.2) is 36.4 Å². The Kier molecular flexibility index (Phi) is 4.93. The van der Waals surface area contributed by atoms with Crippen molar-refractivity contribution in [1.82, 2.24) is 29.3 Å². The number of aromatic nitrogens is 5. The zero-order valence-corrected chi connectivity index (χ0v) is 18.0. The number of nitrogens with one attached hydrogen (secondary N) is 1. The number of rotatable bonds is 5. The molecule has 4 rings (SSSR count). The molecular weight excluding hydrogens is 380 g/mol. The number of carbonyl (C=O) groups is 1. The minimum absolute atomic E-state index is 0.182. The van der Waals surface area contributed by atoms with Crippen molar-refractivity contribution in [2.75, 3.05) is 6.54 Å². The molecule has 156 valence electrons. The van der Waals surface area contributed by atoms with Crippen LogP contribution in [0.3, 0.4) is 0 Å². The molecule has 30 heavy (non-hydrogen) atoms. The van der Waals surface area contributed by atoms with Gasteiger partial charge >= 0.3 is 5.69 Å². The Hall–Kier alpha value is -3.42. The van der Waals surface area contributed by atoms with Crippen LogP contribution in [0.4, 0.5) is 0 Å². The van der Waals surface area contributed by atoms with Crippen molar-refractivity contribution in [1.29, 1.82) is 0 Å². The van der Waals surface area contributed by atoms with Crippen LogP contribution >= 0.6 is 0 Å². The van der Waals surface area contributed by atoms with Gasteiger partial charge in [0.2, 0.25) is 0 Å². The van der Waals surface area contributed by atoms with E-state index in [2.05, 4.69) is 15.5 Å². The summed E-state index contributed by atoms with van der Waals surface area (Å²) in [6, 6.07) is 8.08. The highest BCUT2D eigenvalue weighted by atomic mass is 16.2. The summed E-state index contributed by atoms with van der Waals surface area (Å²) >= 11 is 0. The zero-order chi connectivity index (χ0) is 21.6. The van der Waals surface area contributed by atoms with E-state index < -0.39 is 0 Å². The van der Waals surface area contributed by atoms with Crippen molar-refractivity contribution in [3.63, 3.8) is 0 Å². The Morgan fingerprint density at radius 2 is 1.83 bits per heavy atom. The van der Waals surface area contributed by atoms with Crippen LogP contribution in [0.25, 0.3) is 16.6 Å². The number of benzene rings is 1. The monoisotopic (exact) mass is 406 g/mol. The summed E-state index contributed by atoms with van der Waals surface area (Å²) in [7, 11) is 0. The van der Waals surface area contributed by atoms with Crippen molar-refractivity contribution in [3.05, 3.63) is 62.8 Å². The van der Waals surface area contributed by atoms with Crippen LogP contribution in [0.15, 0.2) is 29.1 Å². The molecule has 0 atom stereocenters.